The summed E-state index contributed by atoms with van der Waals surface area (Å²) in [6.45, 7) is 3.72. The van der Waals surface area contributed by atoms with Crippen LogP contribution < -0.4 is 5.32 Å². The number of amides is 1. The molecule has 0 saturated carbocycles. The predicted molar refractivity (Wildman–Crippen MR) is 78.1 cm³/mol. The molecule has 1 aliphatic carbocycles. The number of hydrogen-bond donors (Lipinski definition) is 1. The molecule has 1 aliphatic rings. The molecule has 1 aromatic carbocycles. The van der Waals surface area contributed by atoms with Gasteiger partial charge in [0, 0.05) is 20.1 Å². The van der Waals surface area contributed by atoms with Crippen molar-refractivity contribution in [2.75, 3.05) is 27.2 Å². The van der Waals surface area contributed by atoms with Gasteiger partial charge in [-0.1, -0.05) is 31.2 Å². The van der Waals surface area contributed by atoms with E-state index in [1.165, 1.54) is 11.1 Å². The van der Waals surface area contributed by atoms with E-state index in [4.69, 9.17) is 0 Å². The molecule has 0 spiro atoms. The summed E-state index contributed by atoms with van der Waals surface area (Å²) in [7, 11) is 3.82. The third kappa shape index (κ3) is 2.98. The largest absolute Gasteiger partial charge is 0.344 e. The van der Waals surface area contributed by atoms with E-state index in [2.05, 4.69) is 36.5 Å². The van der Waals surface area contributed by atoms with Crippen molar-refractivity contribution >= 4 is 5.91 Å². The highest BCUT2D eigenvalue weighted by molar-refractivity contribution is 5.83. The molecule has 3 heteroatoms. The van der Waals surface area contributed by atoms with Crippen LogP contribution in [0.25, 0.3) is 0 Å². The van der Waals surface area contributed by atoms with E-state index in [-0.39, 0.29) is 11.3 Å². The summed E-state index contributed by atoms with van der Waals surface area (Å²) in [5, 5.41) is 3.09. The molecule has 2 rings (SSSR count). The second-order valence-corrected chi connectivity index (χ2v) is 5.84. The van der Waals surface area contributed by atoms with Crippen LogP contribution in [0.1, 0.15) is 24.5 Å². The summed E-state index contributed by atoms with van der Waals surface area (Å²) in [5.74, 6) is 0.275. The van der Waals surface area contributed by atoms with Crippen molar-refractivity contribution < 1.29 is 4.79 Å². The minimum Gasteiger partial charge on any atom is -0.344 e. The molecule has 104 valence electrons. The molecular formula is C16H24N2O. The molecule has 1 N–H and O–H groups in total. The van der Waals surface area contributed by atoms with Crippen molar-refractivity contribution in [2.24, 2.45) is 5.41 Å². The average Bonchev–Trinajstić information content (AvgIpc) is 2.43. The molecule has 1 amide bonds. The van der Waals surface area contributed by atoms with Gasteiger partial charge >= 0.3 is 0 Å². The molecule has 1 unspecified atom stereocenters. The lowest BCUT2D eigenvalue weighted by atomic mass is 9.72. The SMILES string of the molecule is CNCCN(C)C(=O)C1(C)CCc2ccccc2C1. The molecule has 0 radical (unpaired) electrons. The fourth-order valence-electron chi connectivity index (χ4n) is 2.92. The Morgan fingerprint density at radius 2 is 2.05 bits per heavy atom. The van der Waals surface area contributed by atoms with Crippen LogP contribution in [0.2, 0.25) is 0 Å². The first-order chi connectivity index (χ1) is 9.07. The maximum Gasteiger partial charge on any atom is 0.228 e. The average molecular weight is 260 g/mol. The Kier molecular flexibility index (Phi) is 4.25. The molecule has 1 atom stereocenters. The number of hydrogen-bond acceptors (Lipinski definition) is 2. The zero-order valence-corrected chi connectivity index (χ0v) is 12.2. The van der Waals surface area contributed by atoms with Gasteiger partial charge in [0.25, 0.3) is 0 Å². The number of carbonyl (C=O) groups excluding carboxylic acids is 1. The number of rotatable bonds is 4. The van der Waals surface area contributed by atoms with Crippen LogP contribution in [-0.2, 0) is 17.6 Å². The Morgan fingerprint density at radius 3 is 2.74 bits per heavy atom. The molecule has 0 fully saturated rings. The number of carbonyl (C=O) groups is 1. The standard InChI is InChI=1S/C16H24N2O/c1-16(15(19)18(3)11-10-17-2)9-8-13-6-4-5-7-14(13)12-16/h4-7,17H,8-12H2,1-3H3. The maximum atomic E-state index is 12.6. The Morgan fingerprint density at radius 1 is 1.37 bits per heavy atom. The molecule has 0 heterocycles. The Hall–Kier alpha value is -1.35. The van der Waals surface area contributed by atoms with Crippen molar-refractivity contribution in [3.8, 4) is 0 Å². The molecule has 3 nitrogen and oxygen atoms in total. The van der Waals surface area contributed by atoms with Crippen LogP contribution in [0, 0.1) is 5.41 Å². The summed E-state index contributed by atoms with van der Waals surface area (Å²) in [4.78, 5) is 14.5. The summed E-state index contributed by atoms with van der Waals surface area (Å²) >= 11 is 0. The first-order valence-electron chi connectivity index (χ1n) is 7.04. The van der Waals surface area contributed by atoms with Gasteiger partial charge in [0.05, 0.1) is 5.41 Å². The number of likely N-dealkylation sites (N-methyl/N-ethyl adjacent to an activating group) is 2. The minimum atomic E-state index is -0.239. The summed E-state index contributed by atoms with van der Waals surface area (Å²) in [5.41, 5.74) is 2.51. The summed E-state index contributed by atoms with van der Waals surface area (Å²) < 4.78 is 0. The Balaban J connectivity index is 2.10. The molecule has 0 aliphatic heterocycles. The smallest absolute Gasteiger partial charge is 0.228 e. The fraction of sp³-hybridized carbons (Fsp3) is 0.562. The van der Waals surface area contributed by atoms with Crippen molar-refractivity contribution in [1.29, 1.82) is 0 Å². The van der Waals surface area contributed by atoms with E-state index in [1.54, 1.807) is 0 Å². The van der Waals surface area contributed by atoms with E-state index >= 15 is 0 Å². The highest BCUT2D eigenvalue weighted by Gasteiger charge is 2.38. The molecule has 0 aromatic heterocycles. The Bertz CT molecular complexity index is 458. The van der Waals surface area contributed by atoms with Gasteiger partial charge in [0.1, 0.15) is 0 Å². The van der Waals surface area contributed by atoms with E-state index < -0.39 is 0 Å². The second kappa shape index (κ2) is 5.74. The van der Waals surface area contributed by atoms with Crippen LogP contribution in [0.15, 0.2) is 24.3 Å². The van der Waals surface area contributed by atoms with Gasteiger partial charge in [-0.05, 0) is 37.4 Å². The fourth-order valence-corrected chi connectivity index (χ4v) is 2.92. The number of aryl methyl sites for hydroxylation is 1. The highest BCUT2D eigenvalue weighted by atomic mass is 16.2. The van der Waals surface area contributed by atoms with E-state index in [0.29, 0.717) is 0 Å². The first kappa shape index (κ1) is 14.1. The topological polar surface area (TPSA) is 32.3 Å². The van der Waals surface area contributed by atoms with E-state index in [1.807, 2.05) is 19.0 Å². The zero-order valence-electron chi connectivity index (χ0n) is 12.2. The van der Waals surface area contributed by atoms with Gasteiger partial charge in [-0.3, -0.25) is 4.79 Å². The molecule has 0 bridgehead atoms. The number of nitrogens with one attached hydrogen (secondary N) is 1. The van der Waals surface area contributed by atoms with Crippen molar-refractivity contribution in [3.05, 3.63) is 35.4 Å². The molecule has 1 aromatic rings. The monoisotopic (exact) mass is 260 g/mol. The van der Waals surface area contributed by atoms with E-state index in [9.17, 15) is 4.79 Å². The van der Waals surface area contributed by atoms with Crippen LogP contribution in [0.3, 0.4) is 0 Å². The number of fused-ring (bicyclic) bond motifs is 1. The molecule has 19 heavy (non-hydrogen) atoms. The molecular weight excluding hydrogens is 236 g/mol. The summed E-state index contributed by atoms with van der Waals surface area (Å²) in [6.07, 6.45) is 2.83. The van der Waals surface area contributed by atoms with Gasteiger partial charge < -0.3 is 10.2 Å². The van der Waals surface area contributed by atoms with Gasteiger partial charge in [-0.2, -0.15) is 0 Å². The van der Waals surface area contributed by atoms with Crippen LogP contribution in [0.5, 0.6) is 0 Å². The number of nitrogens with zero attached hydrogens (tertiary/aromatic N) is 1. The lowest BCUT2D eigenvalue weighted by molar-refractivity contribution is -0.140. The highest BCUT2D eigenvalue weighted by Crippen LogP contribution is 2.36. The first-order valence-corrected chi connectivity index (χ1v) is 7.04. The predicted octanol–water partition coefficient (Wildman–Crippen LogP) is 1.86. The quantitative estimate of drug-likeness (QED) is 0.896. The zero-order chi connectivity index (χ0) is 13.9. The minimum absolute atomic E-state index is 0.239. The van der Waals surface area contributed by atoms with Crippen molar-refractivity contribution in [1.82, 2.24) is 10.2 Å². The van der Waals surface area contributed by atoms with Gasteiger partial charge in [-0.25, -0.2) is 0 Å². The normalized spacial score (nSPS) is 21.8. The van der Waals surface area contributed by atoms with Crippen LogP contribution >= 0.6 is 0 Å². The maximum absolute atomic E-state index is 12.6. The lowest BCUT2D eigenvalue weighted by Crippen LogP contribution is -2.45. The van der Waals surface area contributed by atoms with Crippen molar-refractivity contribution in [2.45, 2.75) is 26.2 Å². The summed E-state index contributed by atoms with van der Waals surface area (Å²) in [6, 6.07) is 8.50. The van der Waals surface area contributed by atoms with Gasteiger partial charge in [0.2, 0.25) is 5.91 Å². The third-order valence-electron chi connectivity index (χ3n) is 4.21. The van der Waals surface area contributed by atoms with Gasteiger partial charge in [0.15, 0.2) is 0 Å². The van der Waals surface area contributed by atoms with Crippen LogP contribution in [-0.4, -0.2) is 38.0 Å². The van der Waals surface area contributed by atoms with Crippen LogP contribution in [0.4, 0.5) is 0 Å². The Labute approximate surface area is 116 Å². The lowest BCUT2D eigenvalue weighted by Gasteiger charge is -2.36. The van der Waals surface area contributed by atoms with Gasteiger partial charge in [-0.15, -0.1) is 0 Å². The third-order valence-corrected chi connectivity index (χ3v) is 4.21. The number of benzene rings is 1. The van der Waals surface area contributed by atoms with E-state index in [0.717, 1.165) is 32.4 Å². The second-order valence-electron chi connectivity index (χ2n) is 5.84. The molecule has 0 saturated heterocycles. The van der Waals surface area contributed by atoms with Crippen molar-refractivity contribution in [3.63, 3.8) is 0 Å².